The Hall–Kier alpha value is 0.216. The molecule has 0 bridgehead atoms. The van der Waals surface area contributed by atoms with E-state index in [1.54, 1.807) is 0 Å². The molecule has 28 heavy (non-hydrogen) atoms. The Morgan fingerprint density at radius 3 is 2.57 bits per heavy atom. The normalized spacial score (nSPS) is 44.4. The fourth-order valence-corrected chi connectivity index (χ4v) is 7.25. The third-order valence-electron chi connectivity index (χ3n) is 8.90. The summed E-state index contributed by atoms with van der Waals surface area (Å²) < 4.78 is 0. The van der Waals surface area contributed by atoms with Crippen molar-refractivity contribution in [3.63, 3.8) is 0 Å². The molecule has 0 aliphatic heterocycles. The summed E-state index contributed by atoms with van der Waals surface area (Å²) in [7, 11) is 0. The van der Waals surface area contributed by atoms with Crippen LogP contribution in [0.15, 0.2) is 23.3 Å². The molecule has 4 nitrogen and oxygen atoms in total. The van der Waals surface area contributed by atoms with E-state index in [2.05, 4.69) is 26.8 Å². The van der Waals surface area contributed by atoms with Crippen molar-refractivity contribution in [1.29, 1.82) is 0 Å². The summed E-state index contributed by atoms with van der Waals surface area (Å²) >= 11 is 0. The molecule has 0 heterocycles. The average molecular weight is 413 g/mol. The van der Waals surface area contributed by atoms with E-state index < -0.39 is 11.6 Å². The Labute approximate surface area is 212 Å². The largest absolute Gasteiger partial charge is 1.00 e. The smallest absolute Gasteiger partial charge is 1.00 e. The fraction of sp³-hybridized carbons (Fsp3) is 0.739. The Morgan fingerprint density at radius 2 is 1.89 bits per heavy atom. The van der Waals surface area contributed by atoms with E-state index in [4.69, 9.17) is 5.11 Å². The molecule has 2 saturated carbocycles. The molecule has 2 fully saturated rings. The second-order valence-electron chi connectivity index (χ2n) is 10.0. The molecule has 0 unspecified atom stereocenters. The molecule has 0 radical (unpaired) electrons. The predicted molar refractivity (Wildman–Crippen MR) is 104 cm³/mol. The molecule has 4 rings (SSSR count). The number of hydrogen-bond acceptors (Lipinski definition) is 3. The molecule has 2 N–H and O–H groups in total. The van der Waals surface area contributed by atoms with Gasteiger partial charge < -0.3 is 11.6 Å². The summed E-state index contributed by atoms with van der Waals surface area (Å²) in [6, 6.07) is 0. The van der Waals surface area contributed by atoms with Gasteiger partial charge in [-0.3, -0.25) is 9.59 Å². The SMILES string of the molecule is CC1=C[C@@H]2[C@H](CC[C@@]3(C)[C@H]2CC[C@@]3(O)CCC(=O)O)[C@@]2(C)CCC(=O)C=C12.[H-].[K+]. The predicted octanol–water partition coefficient (Wildman–Crippen LogP) is 1.40. The third kappa shape index (κ3) is 3.29. The zero-order chi connectivity index (χ0) is 19.6. The van der Waals surface area contributed by atoms with Gasteiger partial charge in [0.15, 0.2) is 5.78 Å². The third-order valence-corrected chi connectivity index (χ3v) is 8.90. The molecule has 150 valence electrons. The van der Waals surface area contributed by atoms with Gasteiger partial charge in [0.2, 0.25) is 0 Å². The minimum absolute atomic E-state index is 0. The van der Waals surface area contributed by atoms with Crippen LogP contribution in [-0.4, -0.2) is 27.6 Å². The Balaban J connectivity index is 0.00000150. The van der Waals surface area contributed by atoms with Gasteiger partial charge in [-0.1, -0.05) is 25.5 Å². The van der Waals surface area contributed by atoms with Crippen molar-refractivity contribution in [3.05, 3.63) is 23.3 Å². The first-order valence-electron chi connectivity index (χ1n) is 10.5. The van der Waals surface area contributed by atoms with E-state index in [0.717, 1.165) is 25.7 Å². The Bertz CT molecular complexity index is 762. The average Bonchev–Trinajstić information content (AvgIpc) is 2.87. The van der Waals surface area contributed by atoms with Crippen LogP contribution in [0.4, 0.5) is 0 Å². The van der Waals surface area contributed by atoms with Crippen LogP contribution < -0.4 is 51.4 Å². The summed E-state index contributed by atoms with van der Waals surface area (Å²) in [5.74, 6) is 0.740. The molecular formula is C23H33KO4. The van der Waals surface area contributed by atoms with E-state index in [1.165, 1.54) is 11.1 Å². The number of rotatable bonds is 3. The van der Waals surface area contributed by atoms with Crippen molar-refractivity contribution in [3.8, 4) is 0 Å². The molecule has 0 amide bonds. The van der Waals surface area contributed by atoms with E-state index in [1.807, 2.05) is 6.08 Å². The quantitative estimate of drug-likeness (QED) is 0.687. The zero-order valence-electron chi connectivity index (χ0n) is 18.8. The maximum absolute atomic E-state index is 12.0. The van der Waals surface area contributed by atoms with Crippen molar-refractivity contribution in [2.45, 2.75) is 77.7 Å². The number of fused-ring (bicyclic) bond motifs is 5. The molecule has 0 saturated heterocycles. The van der Waals surface area contributed by atoms with Crippen LogP contribution >= 0.6 is 0 Å². The van der Waals surface area contributed by atoms with Crippen LogP contribution in [0.2, 0.25) is 0 Å². The van der Waals surface area contributed by atoms with Gasteiger partial charge in [-0.2, -0.15) is 0 Å². The molecule has 4 aliphatic rings. The van der Waals surface area contributed by atoms with E-state index >= 15 is 0 Å². The molecule has 0 aromatic carbocycles. The molecule has 5 heteroatoms. The maximum atomic E-state index is 12.0. The molecule has 4 aliphatic carbocycles. The first-order chi connectivity index (χ1) is 12.6. The van der Waals surface area contributed by atoms with E-state index in [9.17, 15) is 14.7 Å². The Kier molecular flexibility index (Phi) is 6.31. The van der Waals surface area contributed by atoms with Gasteiger partial charge in [-0.05, 0) is 85.7 Å². The summed E-state index contributed by atoms with van der Waals surface area (Å²) in [5, 5.41) is 20.6. The summed E-state index contributed by atoms with van der Waals surface area (Å²) in [4.78, 5) is 23.1. The van der Waals surface area contributed by atoms with Crippen LogP contribution in [0.1, 0.15) is 73.6 Å². The summed E-state index contributed by atoms with van der Waals surface area (Å²) in [5.41, 5.74) is 1.44. The van der Waals surface area contributed by atoms with Gasteiger partial charge in [0.25, 0.3) is 0 Å². The van der Waals surface area contributed by atoms with Crippen LogP contribution in [0.3, 0.4) is 0 Å². The number of aliphatic carboxylic acids is 1. The number of ketones is 1. The second-order valence-corrected chi connectivity index (χ2v) is 10.0. The van der Waals surface area contributed by atoms with E-state index in [-0.39, 0.29) is 75.8 Å². The summed E-state index contributed by atoms with van der Waals surface area (Å²) in [6.07, 6.45) is 9.87. The van der Waals surface area contributed by atoms with Gasteiger partial charge in [-0.15, -0.1) is 0 Å². The zero-order valence-corrected chi connectivity index (χ0v) is 20.9. The van der Waals surface area contributed by atoms with Crippen LogP contribution in [0, 0.1) is 28.6 Å². The molecule has 0 spiro atoms. The number of carboxylic acids is 1. The van der Waals surface area contributed by atoms with E-state index in [0.29, 0.717) is 37.0 Å². The van der Waals surface area contributed by atoms with Crippen molar-refractivity contribution in [2.24, 2.45) is 28.6 Å². The monoisotopic (exact) mass is 412 g/mol. The van der Waals surface area contributed by atoms with Crippen LogP contribution in [0.25, 0.3) is 0 Å². The summed E-state index contributed by atoms with van der Waals surface area (Å²) in [6.45, 7) is 6.67. The van der Waals surface area contributed by atoms with Gasteiger partial charge in [-0.25, -0.2) is 0 Å². The number of carbonyl (C=O) groups is 2. The van der Waals surface area contributed by atoms with Crippen molar-refractivity contribution in [2.75, 3.05) is 0 Å². The first kappa shape index (κ1) is 22.9. The van der Waals surface area contributed by atoms with Gasteiger partial charge in [0, 0.05) is 12.8 Å². The van der Waals surface area contributed by atoms with Crippen molar-refractivity contribution < 1.29 is 72.6 Å². The van der Waals surface area contributed by atoms with Gasteiger partial charge in [0.05, 0.1) is 5.60 Å². The number of aliphatic hydroxyl groups is 1. The standard InChI is InChI=1S/C23H32O4.K.H/c1-14-12-16-17(21(2)8-4-15(24)13-19(14)21)5-9-22(3)18(16)6-10-23(22,27)11-7-20(25)26;;/h12-13,16-18,27H,4-11H2,1-3H3,(H,25,26);;/q;+1;-1/t16-,17+,18+,21-,22+,23-;;/m1../s1. The molecule has 0 aromatic rings. The topological polar surface area (TPSA) is 74.6 Å². The Morgan fingerprint density at radius 1 is 1.21 bits per heavy atom. The molecule has 6 atom stereocenters. The van der Waals surface area contributed by atoms with Gasteiger partial charge in [0.1, 0.15) is 0 Å². The second kappa shape index (κ2) is 7.72. The maximum Gasteiger partial charge on any atom is 1.00 e. The van der Waals surface area contributed by atoms with Crippen LogP contribution in [0.5, 0.6) is 0 Å². The number of allylic oxidation sites excluding steroid dienone is 4. The van der Waals surface area contributed by atoms with Crippen molar-refractivity contribution >= 4 is 11.8 Å². The minimum atomic E-state index is -0.873. The minimum Gasteiger partial charge on any atom is -1.00 e. The van der Waals surface area contributed by atoms with Gasteiger partial charge >= 0.3 is 57.4 Å². The number of hydrogen-bond donors (Lipinski definition) is 2. The molecule has 0 aromatic heterocycles. The number of carbonyl (C=O) groups excluding carboxylic acids is 1. The van der Waals surface area contributed by atoms with Crippen LogP contribution in [-0.2, 0) is 9.59 Å². The number of carboxylic acid groups (broad SMARTS) is 1. The molecular weight excluding hydrogens is 379 g/mol. The van der Waals surface area contributed by atoms with Crippen molar-refractivity contribution in [1.82, 2.24) is 0 Å². The fourth-order valence-electron chi connectivity index (χ4n) is 7.25. The first-order valence-corrected chi connectivity index (χ1v) is 10.5.